The van der Waals surface area contributed by atoms with Crippen LogP contribution < -0.4 is 10.5 Å². The molecule has 1 unspecified atom stereocenters. The summed E-state index contributed by atoms with van der Waals surface area (Å²) in [5.41, 5.74) is 10.2. The molecule has 0 saturated carbocycles. The summed E-state index contributed by atoms with van der Waals surface area (Å²) < 4.78 is 9.81. The van der Waals surface area contributed by atoms with Gasteiger partial charge in [-0.1, -0.05) is 25.5 Å². The minimum Gasteiger partial charge on any atom is -0.422 e. The van der Waals surface area contributed by atoms with E-state index in [-0.39, 0.29) is 17.3 Å². The number of nitriles is 1. The number of imidazole rings is 1. The molecule has 3 aromatic rings. The van der Waals surface area contributed by atoms with Crippen LogP contribution in [0, 0.1) is 11.3 Å². The van der Waals surface area contributed by atoms with E-state index in [1.807, 2.05) is 39.7 Å². The van der Waals surface area contributed by atoms with Crippen LogP contribution in [0.2, 0.25) is 0 Å². The van der Waals surface area contributed by atoms with Crippen molar-refractivity contribution in [3.05, 3.63) is 71.3 Å². The zero-order valence-electron chi connectivity index (χ0n) is 17.8. The molecule has 0 spiro atoms. The van der Waals surface area contributed by atoms with Crippen LogP contribution in [-0.4, -0.2) is 19.3 Å². The third kappa shape index (κ3) is 3.24. The van der Waals surface area contributed by atoms with Crippen LogP contribution in [0.25, 0.3) is 5.69 Å². The lowest BCUT2D eigenvalue weighted by Crippen LogP contribution is -2.27. The van der Waals surface area contributed by atoms with Gasteiger partial charge in [-0.25, -0.2) is 9.67 Å². The molecule has 0 fully saturated rings. The minimum atomic E-state index is -0.312. The van der Waals surface area contributed by atoms with Gasteiger partial charge in [0.15, 0.2) is 0 Å². The topological polar surface area (TPSA) is 94.7 Å². The fraction of sp³-hybridized carbons (Fsp3) is 0.348. The van der Waals surface area contributed by atoms with Gasteiger partial charge in [-0.2, -0.15) is 10.4 Å². The largest absolute Gasteiger partial charge is 0.422 e. The lowest BCUT2D eigenvalue weighted by molar-refractivity contribution is 0.277. The van der Waals surface area contributed by atoms with Gasteiger partial charge >= 0.3 is 0 Å². The summed E-state index contributed by atoms with van der Waals surface area (Å²) in [6, 6.07) is 10.4. The van der Waals surface area contributed by atoms with E-state index in [0.717, 1.165) is 35.3 Å². The summed E-state index contributed by atoms with van der Waals surface area (Å²) in [6.45, 7) is 8.35. The molecule has 1 atom stereocenters. The highest BCUT2D eigenvalue weighted by Crippen LogP contribution is 2.45. The van der Waals surface area contributed by atoms with Crippen LogP contribution in [0.3, 0.4) is 0 Å². The molecule has 154 valence electrons. The van der Waals surface area contributed by atoms with E-state index in [1.165, 1.54) is 0 Å². The summed E-state index contributed by atoms with van der Waals surface area (Å²) in [7, 11) is 0. The van der Waals surface area contributed by atoms with Gasteiger partial charge in [0.1, 0.15) is 11.6 Å². The second-order valence-corrected chi connectivity index (χ2v) is 8.48. The number of rotatable bonds is 4. The summed E-state index contributed by atoms with van der Waals surface area (Å²) in [6.07, 6.45) is 7.14. The Labute approximate surface area is 176 Å². The summed E-state index contributed by atoms with van der Waals surface area (Å²) in [4.78, 5) is 4.10. The number of allylic oxidation sites excluding steroid dienone is 1. The fourth-order valence-electron chi connectivity index (χ4n) is 3.87. The maximum atomic E-state index is 9.90. The number of nitrogens with two attached hydrogens (primary N) is 1. The van der Waals surface area contributed by atoms with Crippen molar-refractivity contribution in [2.45, 2.75) is 52.0 Å². The zero-order chi connectivity index (χ0) is 21.5. The smallest absolute Gasteiger partial charge is 0.224 e. The molecule has 1 aromatic carbocycles. The Kier molecular flexibility index (Phi) is 4.86. The van der Waals surface area contributed by atoms with Crippen LogP contribution in [0.15, 0.2) is 54.4 Å². The average molecular weight is 403 g/mol. The van der Waals surface area contributed by atoms with Crippen molar-refractivity contribution in [1.82, 2.24) is 19.3 Å². The third-order valence-corrected chi connectivity index (χ3v) is 5.28. The Hall–Kier alpha value is -3.53. The van der Waals surface area contributed by atoms with Gasteiger partial charge < -0.3 is 15.0 Å². The third-order valence-electron chi connectivity index (χ3n) is 5.28. The molecular weight excluding hydrogens is 376 g/mol. The molecule has 1 aliphatic rings. The molecule has 3 heterocycles. The zero-order valence-corrected chi connectivity index (χ0v) is 17.8. The Balaban J connectivity index is 1.89. The van der Waals surface area contributed by atoms with Gasteiger partial charge in [0.25, 0.3) is 0 Å². The van der Waals surface area contributed by atoms with E-state index in [1.54, 1.807) is 12.5 Å². The van der Waals surface area contributed by atoms with Crippen molar-refractivity contribution in [1.29, 1.82) is 5.26 Å². The lowest BCUT2D eigenvalue weighted by atomic mass is 9.83. The summed E-state index contributed by atoms with van der Waals surface area (Å²) in [5.74, 6) is 0.460. The number of benzene rings is 1. The van der Waals surface area contributed by atoms with Crippen molar-refractivity contribution < 1.29 is 4.74 Å². The van der Waals surface area contributed by atoms with Gasteiger partial charge in [-0.05, 0) is 44.9 Å². The van der Waals surface area contributed by atoms with Gasteiger partial charge in [0.05, 0.1) is 29.0 Å². The van der Waals surface area contributed by atoms with Crippen molar-refractivity contribution in [3.8, 4) is 17.6 Å². The number of ether oxygens (including phenoxy) is 1. The fourth-order valence-corrected chi connectivity index (χ4v) is 3.87. The molecular formula is C23H26N6O. The molecule has 1 aliphatic heterocycles. The van der Waals surface area contributed by atoms with Gasteiger partial charge in [0.2, 0.25) is 11.8 Å². The standard InChI is InChI=1S/C23H26N6O/c1-5-6-18-20-19(15-7-9-16(10-8-15)28-12-11-26-14-28)17(13-24)21(25)30-22(20)29(27-18)23(2,3)4/h7-12,14,19H,5-6,25H2,1-4H3. The van der Waals surface area contributed by atoms with Gasteiger partial charge in [-0.3, -0.25) is 0 Å². The van der Waals surface area contributed by atoms with Gasteiger partial charge in [-0.15, -0.1) is 0 Å². The van der Waals surface area contributed by atoms with Crippen LogP contribution in [0.1, 0.15) is 56.9 Å². The van der Waals surface area contributed by atoms with Crippen LogP contribution in [0.5, 0.6) is 5.88 Å². The maximum Gasteiger partial charge on any atom is 0.224 e. The molecule has 7 nitrogen and oxygen atoms in total. The van der Waals surface area contributed by atoms with E-state index < -0.39 is 0 Å². The van der Waals surface area contributed by atoms with Crippen molar-refractivity contribution >= 4 is 0 Å². The first kappa shape index (κ1) is 19.8. The molecule has 0 radical (unpaired) electrons. The SMILES string of the molecule is CCCc1nn(C(C)(C)C)c2c1C(c1ccc(-n3ccnc3)cc1)C(C#N)=C(N)O2. The second kappa shape index (κ2) is 7.38. The van der Waals surface area contributed by atoms with E-state index in [9.17, 15) is 5.26 Å². The molecule has 4 rings (SSSR count). The number of hydrogen-bond acceptors (Lipinski definition) is 5. The predicted molar refractivity (Wildman–Crippen MR) is 114 cm³/mol. The molecule has 7 heteroatoms. The summed E-state index contributed by atoms with van der Waals surface area (Å²) in [5, 5.41) is 14.8. The van der Waals surface area contributed by atoms with E-state index in [4.69, 9.17) is 15.6 Å². The normalized spacial score (nSPS) is 16.2. The lowest BCUT2D eigenvalue weighted by Gasteiger charge is -2.28. The molecule has 0 bridgehead atoms. The molecule has 30 heavy (non-hydrogen) atoms. The maximum absolute atomic E-state index is 9.90. The number of fused-ring (bicyclic) bond motifs is 1. The Morgan fingerprint density at radius 2 is 1.97 bits per heavy atom. The van der Waals surface area contributed by atoms with Crippen molar-refractivity contribution in [2.75, 3.05) is 0 Å². The molecule has 2 aromatic heterocycles. The number of aryl methyl sites for hydroxylation is 1. The predicted octanol–water partition coefficient (Wildman–Crippen LogP) is 3.99. The molecule has 2 N–H and O–H groups in total. The van der Waals surface area contributed by atoms with Crippen LogP contribution >= 0.6 is 0 Å². The van der Waals surface area contributed by atoms with E-state index in [0.29, 0.717) is 11.5 Å². The molecule has 0 aliphatic carbocycles. The Morgan fingerprint density at radius 3 is 2.53 bits per heavy atom. The minimum absolute atomic E-state index is 0.141. The monoisotopic (exact) mass is 402 g/mol. The Morgan fingerprint density at radius 1 is 1.23 bits per heavy atom. The highest BCUT2D eigenvalue weighted by Gasteiger charge is 2.38. The van der Waals surface area contributed by atoms with Crippen LogP contribution in [0.4, 0.5) is 0 Å². The number of nitrogens with zero attached hydrogens (tertiary/aromatic N) is 5. The van der Waals surface area contributed by atoms with Crippen molar-refractivity contribution in [3.63, 3.8) is 0 Å². The first-order valence-electron chi connectivity index (χ1n) is 10.1. The number of hydrogen-bond donors (Lipinski definition) is 1. The first-order chi connectivity index (χ1) is 14.3. The Bertz CT molecular complexity index is 1120. The first-order valence-corrected chi connectivity index (χ1v) is 10.1. The van der Waals surface area contributed by atoms with E-state index in [2.05, 4.69) is 38.7 Å². The highest BCUT2D eigenvalue weighted by atomic mass is 16.5. The summed E-state index contributed by atoms with van der Waals surface area (Å²) >= 11 is 0. The van der Waals surface area contributed by atoms with Crippen LogP contribution in [-0.2, 0) is 12.0 Å². The second-order valence-electron chi connectivity index (χ2n) is 8.48. The van der Waals surface area contributed by atoms with Crippen molar-refractivity contribution in [2.24, 2.45) is 5.73 Å². The van der Waals surface area contributed by atoms with E-state index >= 15 is 0 Å². The quantitative estimate of drug-likeness (QED) is 0.712. The average Bonchev–Trinajstić information content (AvgIpc) is 3.36. The molecule has 0 saturated heterocycles. The molecule has 0 amide bonds. The number of aromatic nitrogens is 4. The highest BCUT2D eigenvalue weighted by molar-refractivity contribution is 5.56. The van der Waals surface area contributed by atoms with Gasteiger partial charge in [0, 0.05) is 18.1 Å².